The quantitative estimate of drug-likeness (QED) is 0.425. The summed E-state index contributed by atoms with van der Waals surface area (Å²) >= 11 is 0. The average Bonchev–Trinajstić information content (AvgIpc) is 2.90. The number of carbonyl (C=O) groups excluding carboxylic acids is 2. The molecule has 1 aliphatic heterocycles. The standard InChI is InChI=1S/C31H36N2O3/c1-4-28(31(35)32-21-23-11-7-5-8-12-23)36-26-16-15-24-17-18-33(29(34)19-22(2)3)30(27(24)20-26)25-13-9-6-10-14-25/h5-16,20,22,28,30H,4,17-19,21H2,1-3H3,(H,32,35)/t28-,30-/m1/s1. The van der Waals surface area contributed by atoms with Gasteiger partial charge in [-0.3, -0.25) is 9.59 Å². The first-order chi connectivity index (χ1) is 17.5. The first-order valence-corrected chi connectivity index (χ1v) is 12.9. The maximum atomic E-state index is 13.2. The second-order valence-electron chi connectivity index (χ2n) is 9.83. The van der Waals surface area contributed by atoms with Crippen molar-refractivity contribution in [1.82, 2.24) is 10.2 Å². The average molecular weight is 485 g/mol. The monoisotopic (exact) mass is 484 g/mol. The molecule has 188 valence electrons. The highest BCUT2D eigenvalue weighted by Gasteiger charge is 2.32. The highest BCUT2D eigenvalue weighted by atomic mass is 16.5. The number of carbonyl (C=O) groups is 2. The fraction of sp³-hybridized carbons (Fsp3) is 0.355. The van der Waals surface area contributed by atoms with E-state index in [2.05, 4.69) is 37.4 Å². The molecule has 0 unspecified atom stereocenters. The van der Waals surface area contributed by atoms with Crippen LogP contribution in [0.3, 0.4) is 0 Å². The van der Waals surface area contributed by atoms with Crippen molar-refractivity contribution in [2.75, 3.05) is 6.54 Å². The molecule has 0 aliphatic carbocycles. The number of rotatable bonds is 9. The predicted octanol–water partition coefficient (Wildman–Crippen LogP) is 5.68. The predicted molar refractivity (Wildman–Crippen MR) is 143 cm³/mol. The SMILES string of the molecule is CC[C@@H](Oc1ccc2c(c1)[C@@H](c1ccccc1)N(C(=O)CC(C)C)CC2)C(=O)NCc1ccccc1. The molecule has 1 N–H and O–H groups in total. The van der Waals surface area contributed by atoms with Crippen LogP contribution in [0.25, 0.3) is 0 Å². The molecular formula is C31H36N2O3. The molecular weight excluding hydrogens is 448 g/mol. The Morgan fingerprint density at radius 2 is 1.69 bits per heavy atom. The molecule has 0 saturated carbocycles. The van der Waals surface area contributed by atoms with Crippen LogP contribution in [-0.4, -0.2) is 29.4 Å². The molecule has 3 aromatic rings. The smallest absolute Gasteiger partial charge is 0.261 e. The molecule has 4 rings (SSSR count). The van der Waals surface area contributed by atoms with E-state index in [1.165, 1.54) is 5.56 Å². The highest BCUT2D eigenvalue weighted by molar-refractivity contribution is 5.81. The minimum atomic E-state index is -0.593. The zero-order valence-electron chi connectivity index (χ0n) is 21.4. The molecule has 5 nitrogen and oxygen atoms in total. The van der Waals surface area contributed by atoms with Crippen molar-refractivity contribution in [3.8, 4) is 5.75 Å². The number of ether oxygens (including phenoxy) is 1. The van der Waals surface area contributed by atoms with Gasteiger partial charge in [-0.05, 0) is 53.1 Å². The maximum absolute atomic E-state index is 13.2. The van der Waals surface area contributed by atoms with Crippen LogP contribution in [0, 0.1) is 5.92 Å². The van der Waals surface area contributed by atoms with Crippen molar-refractivity contribution < 1.29 is 14.3 Å². The van der Waals surface area contributed by atoms with Crippen LogP contribution in [0.1, 0.15) is 61.9 Å². The Hall–Kier alpha value is -3.60. The van der Waals surface area contributed by atoms with Gasteiger partial charge in [-0.15, -0.1) is 0 Å². The molecule has 0 saturated heterocycles. The minimum Gasteiger partial charge on any atom is -0.481 e. The number of hydrogen-bond acceptors (Lipinski definition) is 3. The summed E-state index contributed by atoms with van der Waals surface area (Å²) in [6.45, 7) is 7.26. The largest absolute Gasteiger partial charge is 0.481 e. The summed E-state index contributed by atoms with van der Waals surface area (Å²) < 4.78 is 6.21. The van der Waals surface area contributed by atoms with Crippen LogP contribution in [0.2, 0.25) is 0 Å². The zero-order valence-corrected chi connectivity index (χ0v) is 21.4. The second kappa shape index (κ2) is 11.9. The van der Waals surface area contributed by atoms with Gasteiger partial charge in [-0.2, -0.15) is 0 Å². The third-order valence-corrected chi connectivity index (χ3v) is 6.62. The van der Waals surface area contributed by atoms with Crippen LogP contribution >= 0.6 is 0 Å². The van der Waals surface area contributed by atoms with Gasteiger partial charge in [-0.1, -0.05) is 87.5 Å². The lowest BCUT2D eigenvalue weighted by molar-refractivity contribution is -0.134. The number of nitrogens with one attached hydrogen (secondary N) is 1. The van der Waals surface area contributed by atoms with Crippen LogP contribution < -0.4 is 10.1 Å². The van der Waals surface area contributed by atoms with Crippen LogP contribution in [0.15, 0.2) is 78.9 Å². The van der Waals surface area contributed by atoms with Gasteiger partial charge in [0.2, 0.25) is 5.91 Å². The lowest BCUT2D eigenvalue weighted by atomic mass is 9.87. The Bertz CT molecular complexity index is 1160. The van der Waals surface area contributed by atoms with Crippen molar-refractivity contribution in [2.45, 2.75) is 58.7 Å². The van der Waals surface area contributed by atoms with E-state index in [1.54, 1.807) is 0 Å². The molecule has 3 aromatic carbocycles. The number of amides is 2. The lowest BCUT2D eigenvalue weighted by Gasteiger charge is -2.38. The minimum absolute atomic E-state index is 0.132. The van der Waals surface area contributed by atoms with E-state index in [9.17, 15) is 9.59 Å². The van der Waals surface area contributed by atoms with E-state index in [-0.39, 0.29) is 17.9 Å². The van der Waals surface area contributed by atoms with Gasteiger partial charge >= 0.3 is 0 Å². The highest BCUT2D eigenvalue weighted by Crippen LogP contribution is 2.38. The summed E-state index contributed by atoms with van der Waals surface area (Å²) in [5, 5.41) is 2.99. The number of hydrogen-bond donors (Lipinski definition) is 1. The number of nitrogens with zero attached hydrogens (tertiary/aromatic N) is 1. The first kappa shape index (κ1) is 25.5. The molecule has 1 aliphatic rings. The van der Waals surface area contributed by atoms with E-state index < -0.39 is 6.10 Å². The normalized spacial score (nSPS) is 15.8. The molecule has 1 heterocycles. The van der Waals surface area contributed by atoms with E-state index in [0.717, 1.165) is 23.1 Å². The molecule has 0 fully saturated rings. The van der Waals surface area contributed by atoms with Gasteiger partial charge in [0.05, 0.1) is 6.04 Å². The third-order valence-electron chi connectivity index (χ3n) is 6.62. The Morgan fingerprint density at radius 1 is 1.00 bits per heavy atom. The molecule has 0 aromatic heterocycles. The Labute approximate surface area is 214 Å². The van der Waals surface area contributed by atoms with Crippen molar-refractivity contribution >= 4 is 11.8 Å². The molecule has 2 atom stereocenters. The maximum Gasteiger partial charge on any atom is 0.261 e. The van der Waals surface area contributed by atoms with Crippen molar-refractivity contribution in [1.29, 1.82) is 0 Å². The molecule has 2 amide bonds. The van der Waals surface area contributed by atoms with Crippen LogP contribution in [-0.2, 0) is 22.6 Å². The summed E-state index contributed by atoms with van der Waals surface area (Å²) in [5.74, 6) is 0.981. The Balaban J connectivity index is 1.57. The van der Waals surface area contributed by atoms with Crippen LogP contribution in [0.5, 0.6) is 5.75 Å². The van der Waals surface area contributed by atoms with Gasteiger partial charge in [-0.25, -0.2) is 0 Å². The van der Waals surface area contributed by atoms with E-state index in [4.69, 9.17) is 4.74 Å². The molecule has 0 bridgehead atoms. The van der Waals surface area contributed by atoms with Gasteiger partial charge in [0.25, 0.3) is 5.91 Å². The number of benzene rings is 3. The second-order valence-corrected chi connectivity index (χ2v) is 9.83. The summed E-state index contributed by atoms with van der Waals surface area (Å²) in [6.07, 6.45) is 1.29. The first-order valence-electron chi connectivity index (χ1n) is 12.9. The van der Waals surface area contributed by atoms with Gasteiger partial charge in [0.1, 0.15) is 5.75 Å². The number of fused-ring (bicyclic) bond motifs is 1. The van der Waals surface area contributed by atoms with Crippen molar-refractivity contribution in [3.05, 3.63) is 101 Å². The Kier molecular flexibility index (Phi) is 8.42. The van der Waals surface area contributed by atoms with Crippen LogP contribution in [0.4, 0.5) is 0 Å². The van der Waals surface area contributed by atoms with Crippen molar-refractivity contribution in [3.63, 3.8) is 0 Å². The zero-order chi connectivity index (χ0) is 25.5. The molecule has 36 heavy (non-hydrogen) atoms. The summed E-state index contributed by atoms with van der Waals surface area (Å²) in [6, 6.07) is 25.9. The van der Waals surface area contributed by atoms with E-state index >= 15 is 0 Å². The summed E-state index contributed by atoms with van der Waals surface area (Å²) in [7, 11) is 0. The topological polar surface area (TPSA) is 58.6 Å². The van der Waals surface area contributed by atoms with Gasteiger partial charge < -0.3 is 15.0 Å². The van der Waals surface area contributed by atoms with Crippen molar-refractivity contribution in [2.24, 2.45) is 5.92 Å². The van der Waals surface area contributed by atoms with E-state index in [0.29, 0.717) is 37.6 Å². The summed E-state index contributed by atoms with van der Waals surface area (Å²) in [4.78, 5) is 28.1. The molecule has 0 spiro atoms. The fourth-order valence-electron chi connectivity index (χ4n) is 4.78. The Morgan fingerprint density at radius 3 is 2.36 bits per heavy atom. The third kappa shape index (κ3) is 6.14. The van der Waals surface area contributed by atoms with Gasteiger partial charge in [0, 0.05) is 19.5 Å². The fourth-order valence-corrected chi connectivity index (χ4v) is 4.78. The molecule has 5 heteroatoms. The van der Waals surface area contributed by atoms with Gasteiger partial charge in [0.15, 0.2) is 6.10 Å². The van der Waals surface area contributed by atoms with E-state index in [1.807, 2.05) is 72.5 Å². The summed E-state index contributed by atoms with van der Waals surface area (Å²) in [5.41, 5.74) is 4.42. The lowest BCUT2D eigenvalue weighted by Crippen LogP contribution is -2.41. The molecule has 0 radical (unpaired) electrons.